The number of carbonyl (C=O) groups is 1. The molecule has 0 bridgehead atoms. The molecule has 0 spiro atoms. The maximum atomic E-state index is 11.1. The number of anilines is 1. The standard InChI is InChI=1S/C9H5Cl3N2O/c10-7-5-3-1-2-4-6(5)13-9(12,14-7)8(11)15/h1-4,13H. The van der Waals surface area contributed by atoms with Gasteiger partial charge in [0.25, 0.3) is 10.4 Å². The second kappa shape index (κ2) is 3.67. The summed E-state index contributed by atoms with van der Waals surface area (Å²) in [6.45, 7) is 0. The third kappa shape index (κ3) is 1.83. The molecule has 0 saturated carbocycles. The van der Waals surface area contributed by atoms with Crippen LogP contribution in [-0.4, -0.2) is 15.5 Å². The quantitative estimate of drug-likeness (QED) is 0.481. The molecule has 0 fully saturated rings. The van der Waals surface area contributed by atoms with E-state index in [9.17, 15) is 4.79 Å². The van der Waals surface area contributed by atoms with E-state index in [0.29, 0.717) is 11.3 Å². The molecule has 1 aliphatic heterocycles. The molecular formula is C9H5Cl3N2O. The summed E-state index contributed by atoms with van der Waals surface area (Å²) in [7, 11) is 0. The minimum atomic E-state index is -1.70. The second-order valence-corrected chi connectivity index (χ2v) is 4.22. The van der Waals surface area contributed by atoms with Crippen LogP contribution in [0.4, 0.5) is 5.69 Å². The van der Waals surface area contributed by atoms with E-state index in [1.54, 1.807) is 18.2 Å². The zero-order valence-corrected chi connectivity index (χ0v) is 9.57. The second-order valence-electron chi connectivity index (χ2n) is 2.97. The summed E-state index contributed by atoms with van der Waals surface area (Å²) >= 11 is 17.1. The van der Waals surface area contributed by atoms with Crippen molar-refractivity contribution in [1.29, 1.82) is 0 Å². The minimum Gasteiger partial charge on any atom is -0.341 e. The largest absolute Gasteiger partial charge is 0.341 e. The zero-order valence-electron chi connectivity index (χ0n) is 7.30. The number of fused-ring (bicyclic) bond motifs is 1. The van der Waals surface area contributed by atoms with Gasteiger partial charge < -0.3 is 5.32 Å². The van der Waals surface area contributed by atoms with Crippen molar-refractivity contribution in [1.82, 2.24) is 0 Å². The lowest BCUT2D eigenvalue weighted by Gasteiger charge is -2.27. The lowest BCUT2D eigenvalue weighted by Crippen LogP contribution is -2.39. The van der Waals surface area contributed by atoms with Gasteiger partial charge in [-0.3, -0.25) is 4.79 Å². The van der Waals surface area contributed by atoms with Gasteiger partial charge in [0.15, 0.2) is 0 Å². The molecular weight excluding hydrogens is 258 g/mol. The van der Waals surface area contributed by atoms with E-state index < -0.39 is 10.4 Å². The lowest BCUT2D eigenvalue weighted by molar-refractivity contribution is -0.113. The average molecular weight is 264 g/mol. The third-order valence-corrected chi connectivity index (χ3v) is 2.97. The molecule has 78 valence electrons. The van der Waals surface area contributed by atoms with Crippen LogP contribution >= 0.6 is 34.8 Å². The van der Waals surface area contributed by atoms with Crippen molar-refractivity contribution in [3.8, 4) is 0 Å². The Kier molecular flexibility index (Phi) is 2.63. The average Bonchev–Trinajstić information content (AvgIpc) is 2.17. The van der Waals surface area contributed by atoms with Gasteiger partial charge in [0.2, 0.25) is 0 Å². The van der Waals surface area contributed by atoms with Crippen molar-refractivity contribution in [2.75, 3.05) is 5.32 Å². The zero-order chi connectivity index (χ0) is 11.1. The van der Waals surface area contributed by atoms with Crippen LogP contribution in [0.1, 0.15) is 5.56 Å². The molecule has 0 saturated heterocycles. The van der Waals surface area contributed by atoms with Crippen molar-refractivity contribution in [3.05, 3.63) is 29.8 Å². The normalized spacial score (nSPS) is 23.8. The van der Waals surface area contributed by atoms with Crippen molar-refractivity contribution < 1.29 is 4.79 Å². The number of benzene rings is 1. The van der Waals surface area contributed by atoms with Gasteiger partial charge in [0, 0.05) is 11.3 Å². The minimum absolute atomic E-state index is 0.161. The van der Waals surface area contributed by atoms with Crippen LogP contribution < -0.4 is 5.32 Å². The number of alkyl halides is 1. The Hall–Kier alpha value is -0.770. The first-order valence-electron chi connectivity index (χ1n) is 4.05. The van der Waals surface area contributed by atoms with E-state index in [1.807, 2.05) is 6.07 Å². The maximum absolute atomic E-state index is 11.1. The monoisotopic (exact) mass is 262 g/mol. The van der Waals surface area contributed by atoms with Gasteiger partial charge >= 0.3 is 0 Å². The Labute approximate surface area is 101 Å². The summed E-state index contributed by atoms with van der Waals surface area (Å²) in [4.78, 5) is 14.9. The molecule has 1 aromatic carbocycles. The Morgan fingerprint density at radius 1 is 1.40 bits per heavy atom. The highest BCUT2D eigenvalue weighted by molar-refractivity contribution is 6.74. The number of rotatable bonds is 1. The summed E-state index contributed by atoms with van der Waals surface area (Å²) < 4.78 is 0. The van der Waals surface area contributed by atoms with Crippen LogP contribution in [0, 0.1) is 0 Å². The summed E-state index contributed by atoms with van der Waals surface area (Å²) in [5.41, 5.74) is 1.31. The number of hydrogen-bond donors (Lipinski definition) is 1. The van der Waals surface area contributed by atoms with Crippen LogP contribution in [0.25, 0.3) is 0 Å². The number of aliphatic imine (C=N–C) groups is 1. The molecule has 6 heteroatoms. The fraction of sp³-hybridized carbons (Fsp3) is 0.111. The molecule has 1 N–H and O–H groups in total. The van der Waals surface area contributed by atoms with Crippen LogP contribution in [0.2, 0.25) is 0 Å². The number of para-hydroxylation sites is 1. The van der Waals surface area contributed by atoms with Crippen molar-refractivity contribution >= 4 is 50.9 Å². The number of nitrogens with one attached hydrogen (secondary N) is 1. The van der Waals surface area contributed by atoms with Crippen molar-refractivity contribution in [2.24, 2.45) is 4.99 Å². The van der Waals surface area contributed by atoms with E-state index in [0.717, 1.165) is 0 Å². The molecule has 15 heavy (non-hydrogen) atoms. The molecule has 3 nitrogen and oxygen atoms in total. The Bertz CT molecular complexity index is 460. The number of halogens is 3. The summed E-state index contributed by atoms with van der Waals surface area (Å²) in [6, 6.07) is 7.10. The smallest absolute Gasteiger partial charge is 0.286 e. The number of carbonyl (C=O) groups excluding carboxylic acids is 1. The number of nitrogens with zero attached hydrogens (tertiary/aromatic N) is 1. The van der Waals surface area contributed by atoms with Gasteiger partial charge in [-0.1, -0.05) is 35.3 Å². The summed E-state index contributed by atoms with van der Waals surface area (Å²) in [6.07, 6.45) is 0. The maximum Gasteiger partial charge on any atom is 0.286 e. The Morgan fingerprint density at radius 2 is 2.07 bits per heavy atom. The van der Waals surface area contributed by atoms with Crippen molar-refractivity contribution in [2.45, 2.75) is 5.12 Å². The number of hydrogen-bond acceptors (Lipinski definition) is 3. The molecule has 1 unspecified atom stereocenters. The fourth-order valence-electron chi connectivity index (χ4n) is 1.27. The predicted octanol–water partition coefficient (Wildman–Crippen LogP) is 2.76. The van der Waals surface area contributed by atoms with Crippen LogP contribution in [0.15, 0.2) is 29.3 Å². The topological polar surface area (TPSA) is 41.5 Å². The summed E-state index contributed by atoms with van der Waals surface area (Å²) in [5, 5.41) is 0.352. The first-order chi connectivity index (χ1) is 7.03. The third-order valence-electron chi connectivity index (χ3n) is 1.96. The van der Waals surface area contributed by atoms with Crippen molar-refractivity contribution in [3.63, 3.8) is 0 Å². The molecule has 2 rings (SSSR count). The van der Waals surface area contributed by atoms with Gasteiger partial charge in [0.05, 0.1) is 0 Å². The van der Waals surface area contributed by atoms with E-state index in [1.165, 1.54) is 0 Å². The van der Waals surface area contributed by atoms with Gasteiger partial charge in [-0.15, -0.1) is 0 Å². The van der Waals surface area contributed by atoms with Crippen LogP contribution in [-0.2, 0) is 4.79 Å². The predicted molar refractivity (Wildman–Crippen MR) is 61.9 cm³/mol. The SMILES string of the molecule is O=C(Cl)C1(Cl)N=C(Cl)c2ccccc2N1. The molecule has 0 radical (unpaired) electrons. The molecule has 1 atom stereocenters. The Morgan fingerprint density at radius 3 is 2.73 bits per heavy atom. The highest BCUT2D eigenvalue weighted by Crippen LogP contribution is 2.32. The van der Waals surface area contributed by atoms with E-state index in [2.05, 4.69) is 10.3 Å². The molecule has 1 heterocycles. The van der Waals surface area contributed by atoms with Gasteiger partial charge in [-0.25, -0.2) is 4.99 Å². The Balaban J connectivity index is 2.54. The highest BCUT2D eigenvalue weighted by Gasteiger charge is 2.38. The van der Waals surface area contributed by atoms with Crippen LogP contribution in [0.3, 0.4) is 0 Å². The molecule has 0 aromatic heterocycles. The van der Waals surface area contributed by atoms with E-state index >= 15 is 0 Å². The molecule has 0 amide bonds. The van der Waals surface area contributed by atoms with E-state index in [4.69, 9.17) is 34.8 Å². The van der Waals surface area contributed by atoms with Gasteiger partial charge in [-0.2, -0.15) is 0 Å². The first kappa shape index (κ1) is 10.7. The lowest BCUT2D eigenvalue weighted by atomic mass is 10.1. The molecule has 1 aromatic rings. The fourth-order valence-corrected chi connectivity index (χ4v) is 1.88. The molecule has 0 aliphatic carbocycles. The summed E-state index contributed by atoms with van der Waals surface area (Å²) in [5.74, 6) is 0. The van der Waals surface area contributed by atoms with Gasteiger partial charge in [-0.05, 0) is 23.7 Å². The van der Waals surface area contributed by atoms with Gasteiger partial charge in [0.1, 0.15) is 5.17 Å². The molecule has 1 aliphatic rings. The first-order valence-corrected chi connectivity index (χ1v) is 5.18. The van der Waals surface area contributed by atoms with Crippen LogP contribution in [0.5, 0.6) is 0 Å². The van der Waals surface area contributed by atoms with E-state index in [-0.39, 0.29) is 5.17 Å². The highest BCUT2D eigenvalue weighted by atomic mass is 35.5.